The van der Waals surface area contributed by atoms with E-state index < -0.39 is 0 Å². The SMILES string of the molecule is CCNc1nc(C)cc(N2CCOCC2(C)C)n1. The van der Waals surface area contributed by atoms with Crippen molar-refractivity contribution in [2.24, 2.45) is 0 Å². The molecule has 5 heteroatoms. The summed E-state index contributed by atoms with van der Waals surface area (Å²) in [4.78, 5) is 11.3. The molecule has 18 heavy (non-hydrogen) atoms. The summed E-state index contributed by atoms with van der Waals surface area (Å²) in [7, 11) is 0. The van der Waals surface area contributed by atoms with Crippen LogP contribution in [0.25, 0.3) is 0 Å². The molecule has 1 N–H and O–H groups in total. The zero-order chi connectivity index (χ0) is 13.2. The Kier molecular flexibility index (Phi) is 3.71. The van der Waals surface area contributed by atoms with Crippen LogP contribution in [-0.2, 0) is 4.74 Å². The predicted molar refractivity (Wildman–Crippen MR) is 73.2 cm³/mol. The average molecular weight is 250 g/mol. The molecule has 1 aliphatic rings. The summed E-state index contributed by atoms with van der Waals surface area (Å²) in [6, 6.07) is 2.04. The van der Waals surface area contributed by atoms with Gasteiger partial charge in [0.25, 0.3) is 0 Å². The quantitative estimate of drug-likeness (QED) is 0.887. The number of hydrogen-bond donors (Lipinski definition) is 1. The van der Waals surface area contributed by atoms with Crippen LogP contribution in [0.1, 0.15) is 26.5 Å². The molecule has 0 spiro atoms. The predicted octanol–water partition coefficient (Wildman–Crippen LogP) is 1.83. The third kappa shape index (κ3) is 2.72. The Morgan fingerprint density at radius 3 is 2.89 bits per heavy atom. The minimum atomic E-state index is -0.0253. The Morgan fingerprint density at radius 1 is 1.44 bits per heavy atom. The van der Waals surface area contributed by atoms with Gasteiger partial charge in [0.1, 0.15) is 5.82 Å². The van der Waals surface area contributed by atoms with Crippen molar-refractivity contribution in [1.82, 2.24) is 9.97 Å². The summed E-state index contributed by atoms with van der Waals surface area (Å²) in [5.74, 6) is 1.68. The molecule has 1 saturated heterocycles. The molecule has 2 rings (SSSR count). The van der Waals surface area contributed by atoms with Crippen molar-refractivity contribution in [2.75, 3.05) is 36.5 Å². The zero-order valence-electron chi connectivity index (χ0n) is 11.7. The summed E-state index contributed by atoms with van der Waals surface area (Å²) >= 11 is 0. The molecule has 1 aromatic rings. The molecule has 0 radical (unpaired) electrons. The van der Waals surface area contributed by atoms with E-state index in [0.717, 1.165) is 37.8 Å². The van der Waals surface area contributed by atoms with Gasteiger partial charge in [0.15, 0.2) is 0 Å². The van der Waals surface area contributed by atoms with Crippen molar-refractivity contribution >= 4 is 11.8 Å². The summed E-state index contributed by atoms with van der Waals surface area (Å²) in [6.45, 7) is 11.6. The second-order valence-corrected chi connectivity index (χ2v) is 5.24. The van der Waals surface area contributed by atoms with Gasteiger partial charge in [0.05, 0.1) is 18.8 Å². The molecule has 5 nitrogen and oxygen atoms in total. The molecule has 0 aliphatic carbocycles. The van der Waals surface area contributed by atoms with Crippen LogP contribution in [0, 0.1) is 6.92 Å². The van der Waals surface area contributed by atoms with Crippen molar-refractivity contribution < 1.29 is 4.74 Å². The Balaban J connectivity index is 2.31. The first-order chi connectivity index (χ1) is 8.53. The number of aryl methyl sites for hydroxylation is 1. The topological polar surface area (TPSA) is 50.3 Å². The Morgan fingerprint density at radius 2 is 2.22 bits per heavy atom. The lowest BCUT2D eigenvalue weighted by molar-refractivity contribution is 0.0639. The number of morpholine rings is 1. The second kappa shape index (κ2) is 5.10. The Hall–Kier alpha value is -1.36. The monoisotopic (exact) mass is 250 g/mol. The van der Waals surface area contributed by atoms with Crippen LogP contribution >= 0.6 is 0 Å². The van der Waals surface area contributed by atoms with Gasteiger partial charge in [-0.25, -0.2) is 4.98 Å². The standard InChI is InChI=1S/C13H22N4O/c1-5-14-12-15-10(2)8-11(16-12)17-6-7-18-9-13(17,3)4/h8H,5-7,9H2,1-4H3,(H,14,15,16). The molecule has 100 valence electrons. The van der Waals surface area contributed by atoms with Gasteiger partial charge in [-0.1, -0.05) is 0 Å². The molecular formula is C13H22N4O. The van der Waals surface area contributed by atoms with Gasteiger partial charge in [0, 0.05) is 24.8 Å². The first-order valence-electron chi connectivity index (χ1n) is 6.48. The minimum Gasteiger partial charge on any atom is -0.377 e. The Labute approximate surface area is 109 Å². The van der Waals surface area contributed by atoms with Gasteiger partial charge < -0.3 is 15.0 Å². The fourth-order valence-electron chi connectivity index (χ4n) is 2.21. The number of hydrogen-bond acceptors (Lipinski definition) is 5. The van der Waals surface area contributed by atoms with Gasteiger partial charge in [-0.2, -0.15) is 4.98 Å². The zero-order valence-corrected chi connectivity index (χ0v) is 11.7. The third-order valence-corrected chi connectivity index (χ3v) is 3.10. The van der Waals surface area contributed by atoms with Crippen LogP contribution < -0.4 is 10.2 Å². The van der Waals surface area contributed by atoms with Gasteiger partial charge in [-0.05, 0) is 27.7 Å². The van der Waals surface area contributed by atoms with Gasteiger partial charge in [-0.3, -0.25) is 0 Å². The number of anilines is 2. The minimum absolute atomic E-state index is 0.0253. The van der Waals surface area contributed by atoms with Crippen LogP contribution in [0.5, 0.6) is 0 Å². The molecule has 0 aromatic carbocycles. The average Bonchev–Trinajstić information content (AvgIpc) is 2.27. The summed E-state index contributed by atoms with van der Waals surface area (Å²) < 4.78 is 5.54. The number of ether oxygens (including phenoxy) is 1. The molecule has 1 fully saturated rings. The number of nitrogens with zero attached hydrogens (tertiary/aromatic N) is 3. The first-order valence-corrected chi connectivity index (χ1v) is 6.48. The van der Waals surface area contributed by atoms with Crippen LogP contribution in [-0.4, -0.2) is 41.8 Å². The fraction of sp³-hybridized carbons (Fsp3) is 0.692. The van der Waals surface area contributed by atoms with Gasteiger partial charge in [-0.15, -0.1) is 0 Å². The Bertz CT molecular complexity index is 419. The molecule has 0 atom stereocenters. The van der Waals surface area contributed by atoms with E-state index >= 15 is 0 Å². The molecule has 0 unspecified atom stereocenters. The number of nitrogens with one attached hydrogen (secondary N) is 1. The number of aromatic nitrogens is 2. The number of rotatable bonds is 3. The molecule has 2 heterocycles. The van der Waals surface area contributed by atoms with Crippen molar-refractivity contribution in [3.63, 3.8) is 0 Å². The van der Waals surface area contributed by atoms with E-state index in [1.807, 2.05) is 19.9 Å². The smallest absolute Gasteiger partial charge is 0.224 e. The third-order valence-electron chi connectivity index (χ3n) is 3.10. The molecule has 0 amide bonds. The van der Waals surface area contributed by atoms with Gasteiger partial charge in [0.2, 0.25) is 5.95 Å². The van der Waals surface area contributed by atoms with E-state index in [1.54, 1.807) is 0 Å². The van der Waals surface area contributed by atoms with Crippen LogP contribution in [0.15, 0.2) is 6.07 Å². The highest BCUT2D eigenvalue weighted by Gasteiger charge is 2.31. The fourth-order valence-corrected chi connectivity index (χ4v) is 2.21. The van der Waals surface area contributed by atoms with E-state index in [2.05, 4.69) is 34.0 Å². The normalized spacial score (nSPS) is 18.8. The van der Waals surface area contributed by atoms with E-state index in [4.69, 9.17) is 4.74 Å². The molecular weight excluding hydrogens is 228 g/mol. The highest BCUT2D eigenvalue weighted by atomic mass is 16.5. The summed E-state index contributed by atoms with van der Waals surface area (Å²) in [5, 5.41) is 3.18. The highest BCUT2D eigenvalue weighted by Crippen LogP contribution is 2.26. The van der Waals surface area contributed by atoms with Crippen LogP contribution in [0.4, 0.5) is 11.8 Å². The summed E-state index contributed by atoms with van der Waals surface area (Å²) in [5.41, 5.74) is 0.959. The maximum atomic E-state index is 5.54. The molecule has 0 saturated carbocycles. The summed E-state index contributed by atoms with van der Waals surface area (Å²) in [6.07, 6.45) is 0. The molecule has 0 bridgehead atoms. The molecule has 1 aromatic heterocycles. The van der Waals surface area contributed by atoms with Gasteiger partial charge >= 0.3 is 0 Å². The van der Waals surface area contributed by atoms with Crippen LogP contribution in [0.3, 0.4) is 0 Å². The molecule has 1 aliphatic heterocycles. The second-order valence-electron chi connectivity index (χ2n) is 5.24. The van der Waals surface area contributed by atoms with Crippen molar-refractivity contribution in [3.05, 3.63) is 11.8 Å². The van der Waals surface area contributed by atoms with E-state index in [9.17, 15) is 0 Å². The maximum absolute atomic E-state index is 5.54. The highest BCUT2D eigenvalue weighted by molar-refractivity contribution is 5.47. The lowest BCUT2D eigenvalue weighted by Gasteiger charge is -2.43. The van der Waals surface area contributed by atoms with Crippen molar-refractivity contribution in [2.45, 2.75) is 33.2 Å². The van der Waals surface area contributed by atoms with E-state index in [0.29, 0.717) is 5.95 Å². The van der Waals surface area contributed by atoms with Crippen LogP contribution in [0.2, 0.25) is 0 Å². The maximum Gasteiger partial charge on any atom is 0.224 e. The van der Waals surface area contributed by atoms with Crippen molar-refractivity contribution in [3.8, 4) is 0 Å². The van der Waals surface area contributed by atoms with E-state index in [1.165, 1.54) is 0 Å². The van der Waals surface area contributed by atoms with Crippen molar-refractivity contribution in [1.29, 1.82) is 0 Å². The van der Waals surface area contributed by atoms with E-state index in [-0.39, 0.29) is 5.54 Å². The largest absolute Gasteiger partial charge is 0.377 e. The first kappa shape index (κ1) is 13.1. The lowest BCUT2D eigenvalue weighted by atomic mass is 10.0. The lowest BCUT2D eigenvalue weighted by Crippen LogP contribution is -2.53.